The van der Waals surface area contributed by atoms with Crippen molar-refractivity contribution in [3.05, 3.63) is 143 Å². The van der Waals surface area contributed by atoms with Gasteiger partial charge in [-0.25, -0.2) is 8.78 Å². The van der Waals surface area contributed by atoms with E-state index >= 15 is 0 Å². The number of ether oxygens (including phenoxy) is 2. The summed E-state index contributed by atoms with van der Waals surface area (Å²) in [6, 6.07) is 24.0. The van der Waals surface area contributed by atoms with Gasteiger partial charge in [-0.1, -0.05) is 144 Å². The molecule has 5 aromatic carbocycles. The number of aryl methyl sites for hydroxylation is 2. The second kappa shape index (κ2) is 23.6. The fraction of sp³-hybridized carbons (Fsp3) is 0.443. The van der Waals surface area contributed by atoms with Crippen LogP contribution in [-0.2, 0) is 10.8 Å². The Balaban J connectivity index is 0.000000561. The van der Waals surface area contributed by atoms with Gasteiger partial charge in [-0.05, 0) is 144 Å². The highest BCUT2D eigenvalue weighted by Crippen LogP contribution is 2.45. The summed E-state index contributed by atoms with van der Waals surface area (Å²) in [5.74, 6) is 0.670. The SMILES string of the molecule is C=CCC(/C=C(\C)C(C)(C)CC)C(C)(C)C.CC.Cc1ccc(O)c(-c2cc(F)ccc2OCCCOc2ccc(F)cc2-c2cc(C)cc(-c3cc(C(C)(C)C)cc(C(C)(C)C)c3)c2O)c1. The summed E-state index contributed by atoms with van der Waals surface area (Å²) < 4.78 is 41.1. The molecule has 0 aliphatic heterocycles. The first-order chi connectivity index (χ1) is 31.2. The normalized spacial score (nSPS) is 12.6. The first kappa shape index (κ1) is 56.0. The Morgan fingerprint density at radius 3 is 1.57 bits per heavy atom. The van der Waals surface area contributed by atoms with Crippen LogP contribution in [0.2, 0.25) is 0 Å². The van der Waals surface area contributed by atoms with Gasteiger partial charge in [0.2, 0.25) is 0 Å². The lowest BCUT2D eigenvalue weighted by Crippen LogP contribution is -2.20. The zero-order chi connectivity index (χ0) is 50.7. The maximum atomic E-state index is 14.7. The molecule has 5 aromatic rings. The first-order valence-electron chi connectivity index (χ1n) is 24.1. The molecule has 0 aliphatic carbocycles. The van der Waals surface area contributed by atoms with Crippen LogP contribution < -0.4 is 9.47 Å². The minimum atomic E-state index is -0.443. The van der Waals surface area contributed by atoms with Crippen LogP contribution in [0.5, 0.6) is 23.0 Å². The minimum absolute atomic E-state index is 0.0346. The maximum Gasteiger partial charge on any atom is 0.131 e. The van der Waals surface area contributed by atoms with E-state index in [1.54, 1.807) is 30.3 Å². The van der Waals surface area contributed by atoms with Gasteiger partial charge >= 0.3 is 0 Å². The number of hydrogen-bond acceptors (Lipinski definition) is 4. The van der Waals surface area contributed by atoms with Crippen molar-refractivity contribution < 1.29 is 28.5 Å². The standard InChI is InChI=1S/C43H46F2O4.C16H30.C2H6/c1-26-10-13-38(46)34(18-26)35-24-31(44)11-14-39(35)48-16-9-17-49-40-15-12-32(45)25-36(40)37-20-27(2)19-33(41(37)47)28-21-29(42(3,4)5)23-30(22-28)43(6,7)8;1-9-11-14(15(4,5)6)12-13(3)16(7,8)10-2;1-2/h10-15,18-25,46-47H,9,16-17H2,1-8H3;9,12,14H,1,10-11H2,2-8H3;1-2H3/b;13-12+;. The molecule has 0 fully saturated rings. The summed E-state index contributed by atoms with van der Waals surface area (Å²) >= 11 is 0. The van der Waals surface area contributed by atoms with E-state index in [9.17, 15) is 19.0 Å². The quantitative estimate of drug-likeness (QED) is 0.0861. The third-order valence-corrected chi connectivity index (χ3v) is 12.6. The smallest absolute Gasteiger partial charge is 0.131 e. The van der Waals surface area contributed by atoms with Crippen LogP contribution in [0.4, 0.5) is 8.78 Å². The molecule has 4 nitrogen and oxygen atoms in total. The molecule has 1 unspecified atom stereocenters. The molecule has 0 bridgehead atoms. The van der Waals surface area contributed by atoms with Crippen LogP contribution >= 0.6 is 0 Å². The molecule has 0 saturated carbocycles. The van der Waals surface area contributed by atoms with Crippen molar-refractivity contribution in [3.63, 3.8) is 0 Å². The number of allylic oxidation sites excluding steroid dienone is 3. The molecular formula is C61H82F2O4. The molecule has 1 atom stereocenters. The predicted molar refractivity (Wildman–Crippen MR) is 282 cm³/mol. The van der Waals surface area contributed by atoms with Gasteiger partial charge in [-0.15, -0.1) is 6.58 Å². The van der Waals surface area contributed by atoms with E-state index in [-0.39, 0.29) is 35.5 Å². The van der Waals surface area contributed by atoms with E-state index in [0.717, 1.165) is 34.2 Å². The zero-order valence-electron chi connectivity index (χ0n) is 44.0. The fourth-order valence-electron chi connectivity index (χ4n) is 7.48. The van der Waals surface area contributed by atoms with E-state index in [2.05, 4.69) is 121 Å². The summed E-state index contributed by atoms with van der Waals surface area (Å²) in [5.41, 5.74) is 9.55. The highest BCUT2D eigenvalue weighted by atomic mass is 19.1. The summed E-state index contributed by atoms with van der Waals surface area (Å²) in [4.78, 5) is 0. The molecule has 0 amide bonds. The fourth-order valence-corrected chi connectivity index (χ4v) is 7.48. The van der Waals surface area contributed by atoms with Crippen molar-refractivity contribution in [2.75, 3.05) is 13.2 Å². The van der Waals surface area contributed by atoms with Gasteiger partial charge in [0.15, 0.2) is 0 Å². The van der Waals surface area contributed by atoms with Gasteiger partial charge in [0, 0.05) is 34.2 Å². The molecule has 0 spiro atoms. The zero-order valence-corrected chi connectivity index (χ0v) is 44.0. The van der Waals surface area contributed by atoms with Crippen molar-refractivity contribution in [1.29, 1.82) is 0 Å². The summed E-state index contributed by atoms with van der Waals surface area (Å²) in [7, 11) is 0. The second-order valence-electron chi connectivity index (χ2n) is 21.4. The van der Waals surface area contributed by atoms with Crippen LogP contribution in [0.25, 0.3) is 33.4 Å². The molecule has 364 valence electrons. The molecule has 0 saturated heterocycles. The van der Waals surface area contributed by atoms with Gasteiger partial charge in [-0.2, -0.15) is 0 Å². The molecule has 0 radical (unpaired) electrons. The molecule has 2 N–H and O–H groups in total. The van der Waals surface area contributed by atoms with E-state index in [1.165, 1.54) is 36.3 Å². The van der Waals surface area contributed by atoms with Gasteiger partial charge in [0.1, 0.15) is 34.6 Å². The molecule has 5 rings (SSSR count). The minimum Gasteiger partial charge on any atom is -0.507 e. The molecular weight excluding hydrogens is 835 g/mol. The topological polar surface area (TPSA) is 58.9 Å². The molecule has 0 aliphatic rings. The van der Waals surface area contributed by atoms with Crippen molar-refractivity contribution in [2.45, 2.75) is 148 Å². The van der Waals surface area contributed by atoms with Crippen LogP contribution in [0, 0.1) is 42.2 Å². The summed E-state index contributed by atoms with van der Waals surface area (Å²) in [5, 5.41) is 22.2. The highest BCUT2D eigenvalue weighted by molar-refractivity contribution is 5.85. The second-order valence-corrected chi connectivity index (χ2v) is 21.4. The van der Waals surface area contributed by atoms with Gasteiger partial charge in [-0.3, -0.25) is 0 Å². The maximum absolute atomic E-state index is 14.7. The lowest BCUT2D eigenvalue weighted by Gasteiger charge is -2.31. The van der Waals surface area contributed by atoms with Gasteiger partial charge in [0.05, 0.1) is 13.2 Å². The monoisotopic (exact) mass is 917 g/mol. The number of hydrogen-bond donors (Lipinski definition) is 2. The average Bonchev–Trinajstić information content (AvgIpc) is 3.25. The van der Waals surface area contributed by atoms with Crippen LogP contribution in [0.3, 0.4) is 0 Å². The Hall–Kier alpha value is -5.36. The lowest BCUT2D eigenvalue weighted by atomic mass is 9.74. The van der Waals surface area contributed by atoms with E-state index < -0.39 is 11.6 Å². The average molecular weight is 917 g/mol. The summed E-state index contributed by atoms with van der Waals surface area (Å²) in [6.45, 7) is 41.4. The van der Waals surface area contributed by atoms with Crippen LogP contribution in [0.15, 0.2) is 109 Å². The van der Waals surface area contributed by atoms with E-state index in [1.807, 2.05) is 45.9 Å². The third-order valence-electron chi connectivity index (χ3n) is 12.6. The van der Waals surface area contributed by atoms with E-state index in [4.69, 9.17) is 9.47 Å². The Kier molecular flexibility index (Phi) is 19.7. The van der Waals surface area contributed by atoms with Crippen molar-refractivity contribution in [2.24, 2.45) is 16.7 Å². The number of phenolic OH excluding ortho intramolecular Hbond substituents is 2. The Bertz CT molecular complexity index is 2420. The van der Waals surface area contributed by atoms with Crippen LogP contribution in [0.1, 0.15) is 145 Å². The molecule has 0 aromatic heterocycles. The highest BCUT2D eigenvalue weighted by Gasteiger charge is 2.26. The Morgan fingerprint density at radius 1 is 0.627 bits per heavy atom. The van der Waals surface area contributed by atoms with Crippen molar-refractivity contribution >= 4 is 0 Å². The van der Waals surface area contributed by atoms with E-state index in [0.29, 0.717) is 62.5 Å². The third kappa shape index (κ3) is 15.6. The Morgan fingerprint density at radius 2 is 1.10 bits per heavy atom. The Labute approximate surface area is 404 Å². The lowest BCUT2D eigenvalue weighted by molar-refractivity contribution is 0.248. The van der Waals surface area contributed by atoms with Gasteiger partial charge < -0.3 is 19.7 Å². The number of rotatable bonds is 14. The van der Waals surface area contributed by atoms with Crippen molar-refractivity contribution in [1.82, 2.24) is 0 Å². The van der Waals surface area contributed by atoms with Crippen LogP contribution in [-0.4, -0.2) is 23.4 Å². The van der Waals surface area contributed by atoms with Gasteiger partial charge in [0.25, 0.3) is 0 Å². The number of benzene rings is 5. The largest absolute Gasteiger partial charge is 0.507 e. The molecule has 6 heteroatoms. The predicted octanol–water partition coefficient (Wildman–Crippen LogP) is 18.1. The summed E-state index contributed by atoms with van der Waals surface area (Å²) in [6.07, 6.45) is 7.23. The number of aromatic hydroxyl groups is 2. The first-order valence-corrected chi connectivity index (χ1v) is 24.1. The molecule has 67 heavy (non-hydrogen) atoms. The number of phenols is 2. The number of halogens is 2. The molecule has 0 heterocycles. The van der Waals surface area contributed by atoms with Crippen molar-refractivity contribution in [3.8, 4) is 56.4 Å².